The highest BCUT2D eigenvalue weighted by atomic mass is 35.5. The number of carbonyl (C=O) groups excluding carboxylic acids is 2. The highest BCUT2D eigenvalue weighted by molar-refractivity contribution is 7.92. The summed E-state index contributed by atoms with van der Waals surface area (Å²) in [4.78, 5) is 26.9. The summed E-state index contributed by atoms with van der Waals surface area (Å²) in [6.45, 7) is 3.42. The number of halogens is 1. The van der Waals surface area contributed by atoms with Crippen LogP contribution in [-0.4, -0.2) is 46.3 Å². The molecule has 2 aromatic rings. The summed E-state index contributed by atoms with van der Waals surface area (Å²) >= 11 is 7.53. The summed E-state index contributed by atoms with van der Waals surface area (Å²) in [7, 11) is -2.39. The Balaban J connectivity index is 1.95. The smallest absolute Gasteiger partial charge is 0.341 e. The normalized spacial score (nSPS) is 14.2. The van der Waals surface area contributed by atoms with E-state index in [0.717, 1.165) is 46.7 Å². The van der Waals surface area contributed by atoms with Gasteiger partial charge in [-0.25, -0.2) is 13.2 Å². The van der Waals surface area contributed by atoms with E-state index in [9.17, 15) is 18.0 Å². The number of amides is 1. The molecule has 1 aromatic heterocycles. The van der Waals surface area contributed by atoms with Crippen LogP contribution in [-0.2, 0) is 32.4 Å². The van der Waals surface area contributed by atoms with E-state index in [0.29, 0.717) is 16.3 Å². The van der Waals surface area contributed by atoms with Crippen molar-refractivity contribution in [3.05, 3.63) is 39.2 Å². The quantitative estimate of drug-likeness (QED) is 0.528. The molecule has 8 nitrogen and oxygen atoms in total. The van der Waals surface area contributed by atoms with Gasteiger partial charge in [-0.1, -0.05) is 11.6 Å². The molecule has 1 N–H and O–H groups in total. The Morgan fingerprint density at radius 1 is 1.27 bits per heavy atom. The third kappa shape index (κ3) is 5.44. The second kappa shape index (κ2) is 10.3. The van der Waals surface area contributed by atoms with Crippen LogP contribution in [0.2, 0.25) is 5.02 Å². The molecule has 1 amide bonds. The minimum atomic E-state index is -3.84. The van der Waals surface area contributed by atoms with E-state index in [2.05, 4.69) is 5.32 Å². The molecule has 0 unspecified atom stereocenters. The summed E-state index contributed by atoms with van der Waals surface area (Å²) in [6, 6.07) is 3.37. The lowest BCUT2D eigenvalue weighted by Crippen LogP contribution is -2.45. The SMILES string of the molecule is CCOC(=O)c1c(NC(=O)[C@@H](C)N(c2ccc(OC)c(Cl)c2)S(C)(=O)=O)sc2c1CCCC2. The molecule has 180 valence electrons. The van der Waals surface area contributed by atoms with Gasteiger partial charge in [-0.15, -0.1) is 11.3 Å². The van der Waals surface area contributed by atoms with E-state index in [-0.39, 0.29) is 17.3 Å². The Labute approximate surface area is 202 Å². The second-order valence-electron chi connectivity index (χ2n) is 7.68. The van der Waals surface area contributed by atoms with Gasteiger partial charge in [-0.2, -0.15) is 0 Å². The minimum Gasteiger partial charge on any atom is -0.495 e. The molecule has 11 heteroatoms. The van der Waals surface area contributed by atoms with Gasteiger partial charge in [0.15, 0.2) is 0 Å². The largest absolute Gasteiger partial charge is 0.495 e. The maximum atomic E-state index is 13.2. The molecule has 33 heavy (non-hydrogen) atoms. The average molecular weight is 515 g/mol. The molecule has 1 aliphatic carbocycles. The van der Waals surface area contributed by atoms with Crippen LogP contribution >= 0.6 is 22.9 Å². The van der Waals surface area contributed by atoms with Crippen molar-refractivity contribution in [2.24, 2.45) is 0 Å². The predicted octanol–water partition coefficient (Wildman–Crippen LogP) is 4.26. The number of sulfonamides is 1. The highest BCUT2D eigenvalue weighted by Crippen LogP contribution is 2.39. The molecule has 0 fully saturated rings. The van der Waals surface area contributed by atoms with Crippen molar-refractivity contribution in [2.75, 3.05) is 29.6 Å². The van der Waals surface area contributed by atoms with Gasteiger partial charge in [0.25, 0.3) is 0 Å². The molecule has 1 aromatic carbocycles. The Hall–Kier alpha value is -2.30. The first-order chi connectivity index (χ1) is 15.6. The third-order valence-electron chi connectivity index (χ3n) is 5.37. The molecule has 1 heterocycles. The van der Waals surface area contributed by atoms with Crippen molar-refractivity contribution in [3.63, 3.8) is 0 Å². The predicted molar refractivity (Wildman–Crippen MR) is 130 cm³/mol. The van der Waals surface area contributed by atoms with Gasteiger partial charge in [-0.05, 0) is 63.3 Å². The standard InChI is InChI=1S/C22H27ClN2O6S2/c1-5-31-22(27)19-15-8-6-7-9-18(15)32-21(19)24-20(26)13(2)25(33(4,28)29)14-10-11-17(30-3)16(23)12-14/h10-13H,5-9H2,1-4H3,(H,24,26)/t13-/m1/s1. The topological polar surface area (TPSA) is 102 Å². The Morgan fingerprint density at radius 3 is 2.58 bits per heavy atom. The van der Waals surface area contributed by atoms with E-state index < -0.39 is 27.9 Å². The molecule has 1 atom stereocenters. The number of ether oxygens (including phenoxy) is 2. The first-order valence-corrected chi connectivity index (χ1v) is 13.6. The lowest BCUT2D eigenvalue weighted by Gasteiger charge is -2.28. The summed E-state index contributed by atoms with van der Waals surface area (Å²) in [5.41, 5.74) is 1.51. The zero-order chi connectivity index (χ0) is 24.3. The van der Waals surface area contributed by atoms with Crippen molar-refractivity contribution in [3.8, 4) is 5.75 Å². The van der Waals surface area contributed by atoms with Crippen LogP contribution in [0.25, 0.3) is 0 Å². The number of hydrogen-bond acceptors (Lipinski definition) is 7. The lowest BCUT2D eigenvalue weighted by molar-refractivity contribution is -0.116. The molecule has 1 aliphatic rings. The van der Waals surface area contributed by atoms with Crippen LogP contribution in [0.15, 0.2) is 18.2 Å². The number of fused-ring (bicyclic) bond motifs is 1. The van der Waals surface area contributed by atoms with Gasteiger partial charge < -0.3 is 14.8 Å². The van der Waals surface area contributed by atoms with Crippen LogP contribution in [0, 0.1) is 0 Å². The van der Waals surface area contributed by atoms with Gasteiger partial charge in [0.2, 0.25) is 15.9 Å². The Bertz CT molecular complexity index is 1160. The number of aryl methyl sites for hydroxylation is 1. The molecule has 0 saturated carbocycles. The maximum Gasteiger partial charge on any atom is 0.341 e. The van der Waals surface area contributed by atoms with Gasteiger partial charge >= 0.3 is 5.97 Å². The fourth-order valence-corrected chi connectivity index (χ4v) is 6.59. The van der Waals surface area contributed by atoms with E-state index in [4.69, 9.17) is 21.1 Å². The number of benzene rings is 1. The molecular weight excluding hydrogens is 488 g/mol. The zero-order valence-corrected chi connectivity index (χ0v) is 21.3. The van der Waals surface area contributed by atoms with Crippen molar-refractivity contribution in [2.45, 2.75) is 45.6 Å². The van der Waals surface area contributed by atoms with Crippen molar-refractivity contribution in [1.82, 2.24) is 0 Å². The van der Waals surface area contributed by atoms with E-state index >= 15 is 0 Å². The number of hydrogen-bond donors (Lipinski definition) is 1. The van der Waals surface area contributed by atoms with Gasteiger partial charge in [0, 0.05) is 4.88 Å². The molecule has 0 spiro atoms. The van der Waals surface area contributed by atoms with E-state index in [1.807, 2.05) is 0 Å². The van der Waals surface area contributed by atoms with E-state index in [1.54, 1.807) is 6.92 Å². The van der Waals surface area contributed by atoms with Gasteiger partial charge in [0.1, 0.15) is 16.8 Å². The van der Waals surface area contributed by atoms with Crippen LogP contribution in [0.5, 0.6) is 5.75 Å². The van der Waals surface area contributed by atoms with E-state index in [1.165, 1.54) is 43.6 Å². The molecule has 0 aliphatic heterocycles. The number of nitrogens with zero attached hydrogens (tertiary/aromatic N) is 1. The molecule has 0 radical (unpaired) electrons. The van der Waals surface area contributed by atoms with Crippen LogP contribution < -0.4 is 14.4 Å². The summed E-state index contributed by atoms with van der Waals surface area (Å²) < 4.78 is 36.6. The molecule has 3 rings (SSSR count). The number of carbonyl (C=O) groups is 2. The van der Waals surface area contributed by atoms with Gasteiger partial charge in [-0.3, -0.25) is 9.10 Å². The van der Waals surface area contributed by atoms with Crippen molar-refractivity contribution in [1.29, 1.82) is 0 Å². The van der Waals surface area contributed by atoms with Crippen LogP contribution in [0.4, 0.5) is 10.7 Å². The first kappa shape index (κ1) is 25.3. The molecular formula is C22H27ClN2O6S2. The lowest BCUT2D eigenvalue weighted by atomic mass is 9.95. The summed E-state index contributed by atoms with van der Waals surface area (Å²) in [5, 5.41) is 3.38. The summed E-state index contributed by atoms with van der Waals surface area (Å²) in [6.07, 6.45) is 4.56. The third-order valence-corrected chi connectivity index (χ3v) is 8.11. The van der Waals surface area contributed by atoms with Gasteiger partial charge in [0.05, 0.1) is 36.2 Å². The maximum absolute atomic E-state index is 13.2. The fourth-order valence-electron chi connectivity index (χ4n) is 3.89. The monoisotopic (exact) mass is 514 g/mol. The number of esters is 1. The number of nitrogens with one attached hydrogen (secondary N) is 1. The average Bonchev–Trinajstić information content (AvgIpc) is 3.11. The summed E-state index contributed by atoms with van der Waals surface area (Å²) in [5.74, 6) is -0.674. The van der Waals surface area contributed by atoms with Crippen LogP contribution in [0.1, 0.15) is 47.5 Å². The number of rotatable bonds is 8. The highest BCUT2D eigenvalue weighted by Gasteiger charge is 2.32. The molecule has 0 bridgehead atoms. The van der Waals surface area contributed by atoms with Crippen molar-refractivity contribution >= 4 is 55.5 Å². The Morgan fingerprint density at radius 2 is 1.97 bits per heavy atom. The first-order valence-electron chi connectivity index (χ1n) is 10.5. The Kier molecular flexibility index (Phi) is 7.92. The number of thiophene rings is 1. The van der Waals surface area contributed by atoms with Crippen molar-refractivity contribution < 1.29 is 27.5 Å². The fraction of sp³-hybridized carbons (Fsp3) is 0.455. The second-order valence-corrected chi connectivity index (χ2v) is 11.1. The molecule has 0 saturated heterocycles. The number of anilines is 2. The minimum absolute atomic E-state index is 0.215. The van der Waals surface area contributed by atoms with Crippen LogP contribution in [0.3, 0.4) is 0 Å². The number of methoxy groups -OCH3 is 1. The zero-order valence-electron chi connectivity index (χ0n) is 18.9.